The number of ether oxygens (including phenoxy) is 5. The van der Waals surface area contributed by atoms with Gasteiger partial charge in [-0.25, -0.2) is 23.8 Å². The smallest absolute Gasteiger partial charge is 0.410 e. The van der Waals surface area contributed by atoms with Crippen LogP contribution in [0, 0.1) is 32.0 Å². The van der Waals surface area contributed by atoms with Crippen LogP contribution in [-0.2, 0) is 33.3 Å². The van der Waals surface area contributed by atoms with Crippen molar-refractivity contribution in [3.63, 3.8) is 0 Å². The molecule has 6 aliphatic heterocycles. The van der Waals surface area contributed by atoms with Crippen LogP contribution >= 0.6 is 0 Å². The van der Waals surface area contributed by atoms with Crippen LogP contribution in [0.1, 0.15) is 131 Å². The van der Waals surface area contributed by atoms with E-state index in [0.29, 0.717) is 58.2 Å². The van der Waals surface area contributed by atoms with Crippen LogP contribution in [0.3, 0.4) is 0 Å². The zero-order chi connectivity index (χ0) is 85.4. The van der Waals surface area contributed by atoms with Crippen LogP contribution in [0.4, 0.5) is 47.6 Å². The molecule has 0 aromatic carbocycles. The first-order chi connectivity index (χ1) is 51.5. The zero-order valence-corrected chi connectivity index (χ0v) is 70.8. The normalized spacial score (nSPS) is 21.3. The van der Waals surface area contributed by atoms with Crippen molar-refractivity contribution in [3.8, 4) is 0 Å². The lowest BCUT2D eigenvalue weighted by Gasteiger charge is -2.45. The van der Waals surface area contributed by atoms with Gasteiger partial charge in [-0.2, -0.15) is 0 Å². The number of rotatable bonds is 10. The molecule has 0 radical (unpaired) electrons. The Morgan fingerprint density at radius 3 is 1.21 bits per heavy atom. The average Bonchev–Trinajstić information content (AvgIpc) is 0.812. The number of carbonyl (C=O) groups excluding carboxylic acids is 5. The first-order valence-electron chi connectivity index (χ1n) is 37.7. The van der Waals surface area contributed by atoms with Gasteiger partial charge in [0, 0.05) is 117 Å². The molecule has 9 rings (SSSR count). The Balaban J connectivity index is 0.000000342. The Hall–Kier alpha value is -8.07. The van der Waals surface area contributed by atoms with E-state index in [4.69, 9.17) is 29.4 Å². The number of nitrogens with two attached hydrogens (primary N) is 1. The first-order valence-corrected chi connectivity index (χ1v) is 37.7. The number of nitrogens with zero attached hydrogens (tertiary/aromatic N) is 15. The predicted octanol–water partition coefficient (Wildman–Crippen LogP) is 6.05. The summed E-state index contributed by atoms with van der Waals surface area (Å²) in [5, 5.41) is 64.1. The number of likely N-dealkylation sites (tertiary alicyclic amines) is 1. The number of aliphatic hydroxyl groups is 4. The molecule has 112 heavy (non-hydrogen) atoms. The lowest BCUT2D eigenvalue weighted by molar-refractivity contribution is -0.389. The van der Waals surface area contributed by atoms with E-state index in [1.807, 2.05) is 128 Å². The van der Waals surface area contributed by atoms with Crippen LogP contribution < -0.4 is 20.9 Å². The third kappa shape index (κ3) is 34.3. The monoisotopic (exact) mass is 1590 g/mol. The SMILES string of the molecule is CN1CCN(C(=O)OC(C)(C)C)CC1C(C)(C)O.CN1CCN(c2ccc(N)nc2)CC1C(C)(C)O.CN1CCN(c2ccc([N+](=O)[O-])nc2)CC1C(C)(C)O.CN1CCNCC1C(C)(C)O.COC(=O)C1CCCN(C(=O)OC(C)(C)C)C1.COC(=O)C1CN(C(=O)OC(C)(C)C)CCN1C.O=[N+]([O-])c1ccc(F)cn1. The average molecular weight is 1590 g/mol. The molecule has 6 fully saturated rings. The highest BCUT2D eigenvalue weighted by molar-refractivity contribution is 5.78. The van der Waals surface area contributed by atoms with Gasteiger partial charge in [-0.15, -0.1) is 0 Å². The summed E-state index contributed by atoms with van der Waals surface area (Å²) in [6.45, 7) is 43.4. The van der Waals surface area contributed by atoms with E-state index in [1.54, 1.807) is 54.7 Å². The Labute approximate surface area is 661 Å². The number of esters is 2. The van der Waals surface area contributed by atoms with Gasteiger partial charge in [-0.3, -0.25) is 34.1 Å². The highest BCUT2D eigenvalue weighted by Gasteiger charge is 2.41. The summed E-state index contributed by atoms with van der Waals surface area (Å²) in [4.78, 5) is 109. The number of piperazine rings is 5. The van der Waals surface area contributed by atoms with Crippen molar-refractivity contribution in [1.82, 2.24) is 59.5 Å². The van der Waals surface area contributed by atoms with Crippen LogP contribution in [-0.4, -0.2) is 345 Å². The summed E-state index contributed by atoms with van der Waals surface area (Å²) >= 11 is 0. The van der Waals surface area contributed by atoms with Gasteiger partial charge < -0.3 is 99.9 Å². The molecule has 6 aliphatic rings. The number of halogens is 1. The van der Waals surface area contributed by atoms with Crippen LogP contribution in [0.15, 0.2) is 55.0 Å². The van der Waals surface area contributed by atoms with Gasteiger partial charge in [-0.1, -0.05) is 0 Å². The van der Waals surface area contributed by atoms with Crippen molar-refractivity contribution in [1.29, 1.82) is 0 Å². The van der Waals surface area contributed by atoms with E-state index in [2.05, 4.69) is 63.8 Å². The molecule has 9 heterocycles. The third-order valence-corrected chi connectivity index (χ3v) is 19.1. The zero-order valence-electron chi connectivity index (χ0n) is 70.8. The molecule has 636 valence electrons. The molecule has 0 aliphatic carbocycles. The number of hydrogen-bond donors (Lipinski definition) is 6. The minimum atomic E-state index is -0.838. The summed E-state index contributed by atoms with van der Waals surface area (Å²) < 4.78 is 37.4. The molecule has 0 bridgehead atoms. The van der Waals surface area contributed by atoms with Gasteiger partial charge in [0.15, 0.2) is 18.2 Å². The van der Waals surface area contributed by atoms with E-state index < -0.39 is 60.9 Å². The Kier molecular flexibility index (Phi) is 37.6. The molecule has 3 aromatic heterocycles. The van der Waals surface area contributed by atoms with Gasteiger partial charge in [0.05, 0.1) is 90.8 Å². The number of hydrogen-bond acceptors (Lipinski definition) is 30. The molecule has 7 N–H and O–H groups in total. The molecule has 36 heteroatoms. The van der Waals surface area contributed by atoms with E-state index in [0.717, 1.165) is 101 Å². The van der Waals surface area contributed by atoms with E-state index >= 15 is 0 Å². The third-order valence-electron chi connectivity index (χ3n) is 19.1. The maximum atomic E-state index is 12.1. The standard InChI is InChI=1S/C13H20N4O3.C13H22N4O.C13H26N2O3.C12H22N2O4.C12H21NO4.C8H18N2O.C5H3FN2O2/c1-13(2,18)11-9-16(7-6-15(11)3)10-4-5-12(14-8-10)17(19)20;1-13(2,18)11-9-17(7-6-16(11)3)10-4-5-12(14)15-8-10;1-12(2,3)18-11(16)15-8-7-14(6)10(9-15)13(4,5)17;1-12(2,3)18-11(16)14-7-6-13(4)9(8-14)10(15)17-5;1-12(2,3)17-11(15)13-7-5-6-9(8-13)10(14)16-4;1-8(2,11)7-6-9-4-5-10(7)3;6-4-1-2-5(7-3-4)8(9)10/h4-5,8,11,18H,6-7,9H2,1-3H3;4-5,8,11,18H,6-7,9H2,1-3H3,(H2,14,15);10,17H,7-9H2,1-6H3;9H,6-8H2,1-5H3;9H,5-8H2,1-4H3;7,9,11H,4-6H2,1-3H3;1-3H. The summed E-state index contributed by atoms with van der Waals surface area (Å²) in [5.74, 6) is -1.34. The summed E-state index contributed by atoms with van der Waals surface area (Å²) in [6.07, 6.45) is 4.65. The maximum Gasteiger partial charge on any atom is 0.410 e. The van der Waals surface area contributed by atoms with Crippen LogP contribution in [0.2, 0.25) is 0 Å². The number of aromatic nitrogens is 3. The minimum Gasteiger partial charge on any atom is -0.469 e. The number of nitrogen functional groups attached to an aromatic ring is 1. The number of nitrogens with one attached hydrogen (secondary N) is 1. The second-order valence-electron chi connectivity index (χ2n) is 34.0. The molecular formula is C76H132FN17O18. The lowest BCUT2D eigenvalue weighted by atomic mass is 9.95. The molecule has 0 spiro atoms. The fourth-order valence-corrected chi connectivity index (χ4v) is 12.8. The van der Waals surface area contributed by atoms with Crippen molar-refractivity contribution < 1.29 is 82.3 Å². The number of likely N-dealkylation sites (N-methyl/N-ethyl adjacent to an activating group) is 5. The van der Waals surface area contributed by atoms with Crippen molar-refractivity contribution in [2.45, 2.75) is 200 Å². The van der Waals surface area contributed by atoms with Crippen molar-refractivity contribution in [2.24, 2.45) is 5.92 Å². The summed E-state index contributed by atoms with van der Waals surface area (Å²) in [6, 6.07) is 8.79. The number of pyridine rings is 3. The quantitative estimate of drug-likeness (QED) is 0.0582. The Bertz CT molecular complexity index is 3410. The van der Waals surface area contributed by atoms with E-state index in [-0.39, 0.29) is 71.9 Å². The number of carbonyl (C=O) groups is 5. The number of methoxy groups -OCH3 is 2. The molecule has 3 amide bonds. The topological polar surface area (TPSA) is 408 Å². The van der Waals surface area contributed by atoms with Crippen LogP contribution in [0.5, 0.6) is 0 Å². The number of amides is 3. The molecule has 0 saturated carbocycles. The highest BCUT2D eigenvalue weighted by atomic mass is 19.1. The lowest BCUT2D eigenvalue weighted by Crippen LogP contribution is -2.61. The Morgan fingerprint density at radius 1 is 0.473 bits per heavy atom. The molecule has 35 nitrogen and oxygen atoms in total. The number of piperidine rings is 1. The second-order valence-corrected chi connectivity index (χ2v) is 34.0. The number of nitro groups is 2. The van der Waals surface area contributed by atoms with E-state index in [1.165, 1.54) is 26.5 Å². The van der Waals surface area contributed by atoms with E-state index in [9.17, 15) is 69.0 Å². The fourth-order valence-electron chi connectivity index (χ4n) is 12.8. The molecular weight excluding hydrogens is 1460 g/mol. The maximum absolute atomic E-state index is 12.1. The number of anilines is 3. The van der Waals surface area contributed by atoms with Gasteiger partial charge in [0.1, 0.15) is 28.7 Å². The summed E-state index contributed by atoms with van der Waals surface area (Å²) in [7, 11) is 12.6. The molecule has 6 saturated heterocycles. The second kappa shape index (κ2) is 42.9. The minimum absolute atomic E-state index is 0.00596. The van der Waals surface area contributed by atoms with Crippen molar-refractivity contribution in [2.75, 3.05) is 176 Å². The molecule has 3 aromatic rings. The van der Waals surface area contributed by atoms with Gasteiger partial charge >= 0.3 is 41.9 Å². The van der Waals surface area contributed by atoms with Crippen molar-refractivity contribution in [3.05, 3.63) is 81.0 Å². The van der Waals surface area contributed by atoms with Gasteiger partial charge in [0.25, 0.3) is 0 Å². The molecule has 6 unspecified atom stereocenters. The first kappa shape index (κ1) is 98.1. The molecule has 6 atom stereocenters. The predicted molar refractivity (Wildman–Crippen MR) is 425 cm³/mol. The van der Waals surface area contributed by atoms with Gasteiger partial charge in [-0.05, 0) is 210 Å². The van der Waals surface area contributed by atoms with Gasteiger partial charge in [0.2, 0.25) is 0 Å². The Morgan fingerprint density at radius 2 is 0.848 bits per heavy atom. The fraction of sp³-hybridized carbons (Fsp3) is 0.737. The summed E-state index contributed by atoms with van der Waals surface area (Å²) in [5.41, 5.74) is 3.04. The van der Waals surface area contributed by atoms with Crippen molar-refractivity contribution >= 4 is 59.0 Å². The largest absolute Gasteiger partial charge is 0.469 e. The highest BCUT2D eigenvalue weighted by Crippen LogP contribution is 2.28. The van der Waals surface area contributed by atoms with Crippen LogP contribution in [0.25, 0.3) is 0 Å².